The Kier molecular flexibility index (Phi) is 6.79. The number of sulfonamides is 1. The molecule has 1 unspecified atom stereocenters. The van der Waals surface area contributed by atoms with Crippen molar-refractivity contribution in [2.45, 2.75) is 36.4 Å². The first-order chi connectivity index (χ1) is 9.86. The van der Waals surface area contributed by atoms with Crippen molar-refractivity contribution < 1.29 is 23.1 Å². The van der Waals surface area contributed by atoms with E-state index in [9.17, 15) is 18.0 Å². The van der Waals surface area contributed by atoms with Gasteiger partial charge >= 0.3 is 5.97 Å². The van der Waals surface area contributed by atoms with Crippen molar-refractivity contribution >= 4 is 33.2 Å². The van der Waals surface area contributed by atoms with Gasteiger partial charge in [0.15, 0.2) is 0 Å². The van der Waals surface area contributed by atoms with Crippen molar-refractivity contribution in [2.75, 3.05) is 6.54 Å². The summed E-state index contributed by atoms with van der Waals surface area (Å²) in [6, 6.07) is 2.15. The van der Waals surface area contributed by atoms with Crippen LogP contribution in [-0.4, -0.2) is 38.0 Å². The summed E-state index contributed by atoms with van der Waals surface area (Å²) in [7, 11) is -3.60. The van der Waals surface area contributed by atoms with Gasteiger partial charge in [0.05, 0.1) is 0 Å². The number of hydrogen-bond acceptors (Lipinski definition) is 5. The van der Waals surface area contributed by atoms with Gasteiger partial charge in [-0.15, -0.1) is 11.3 Å². The normalized spacial score (nSPS) is 12.8. The van der Waals surface area contributed by atoms with Crippen molar-refractivity contribution in [2.24, 2.45) is 0 Å². The van der Waals surface area contributed by atoms with E-state index in [0.29, 0.717) is 12.8 Å². The van der Waals surface area contributed by atoms with Gasteiger partial charge in [-0.05, 0) is 17.9 Å². The Morgan fingerprint density at radius 3 is 2.67 bits per heavy atom. The lowest BCUT2D eigenvalue weighted by Gasteiger charge is -2.13. The number of carboxylic acids is 1. The first-order valence-electron chi connectivity index (χ1n) is 6.42. The van der Waals surface area contributed by atoms with Crippen LogP contribution >= 0.6 is 11.3 Å². The molecule has 1 heterocycles. The zero-order chi connectivity index (χ0) is 15.9. The number of thiophene rings is 1. The van der Waals surface area contributed by atoms with Crippen LogP contribution in [-0.2, 0) is 19.6 Å². The van der Waals surface area contributed by atoms with Crippen LogP contribution in [0.5, 0.6) is 0 Å². The van der Waals surface area contributed by atoms with Crippen LogP contribution in [0.15, 0.2) is 21.7 Å². The van der Waals surface area contributed by atoms with E-state index in [1.54, 1.807) is 11.4 Å². The molecule has 1 atom stereocenters. The van der Waals surface area contributed by atoms with E-state index in [4.69, 9.17) is 5.11 Å². The highest BCUT2D eigenvalue weighted by Gasteiger charge is 2.19. The Hall–Kier alpha value is -1.45. The predicted octanol–water partition coefficient (Wildman–Crippen LogP) is 0.786. The molecule has 1 rings (SSSR count). The molecule has 0 aliphatic carbocycles. The second kappa shape index (κ2) is 8.11. The smallest absolute Gasteiger partial charge is 0.326 e. The molecule has 1 aromatic rings. The van der Waals surface area contributed by atoms with Gasteiger partial charge in [-0.1, -0.05) is 19.4 Å². The molecule has 0 saturated carbocycles. The molecule has 1 aromatic heterocycles. The first-order valence-corrected chi connectivity index (χ1v) is 8.78. The van der Waals surface area contributed by atoms with Crippen molar-refractivity contribution in [1.29, 1.82) is 0 Å². The maximum atomic E-state index is 11.8. The van der Waals surface area contributed by atoms with Gasteiger partial charge in [0.2, 0.25) is 15.9 Å². The van der Waals surface area contributed by atoms with Gasteiger partial charge in [-0.2, -0.15) is 0 Å². The largest absolute Gasteiger partial charge is 0.480 e. The molecule has 0 spiro atoms. The van der Waals surface area contributed by atoms with Crippen LogP contribution in [0.3, 0.4) is 0 Å². The maximum Gasteiger partial charge on any atom is 0.326 e. The number of hydrogen-bond donors (Lipinski definition) is 3. The summed E-state index contributed by atoms with van der Waals surface area (Å²) >= 11 is 1.08. The predicted molar refractivity (Wildman–Crippen MR) is 78.6 cm³/mol. The van der Waals surface area contributed by atoms with Crippen LogP contribution in [0, 0.1) is 0 Å². The van der Waals surface area contributed by atoms with Gasteiger partial charge in [0, 0.05) is 13.0 Å². The van der Waals surface area contributed by atoms with E-state index in [-0.39, 0.29) is 17.2 Å². The molecule has 1 amide bonds. The average Bonchev–Trinajstić information content (AvgIpc) is 2.92. The molecule has 0 bridgehead atoms. The molecular weight excluding hydrogens is 316 g/mol. The highest BCUT2D eigenvalue weighted by atomic mass is 32.2. The number of rotatable bonds is 9. The third-order valence-corrected chi connectivity index (χ3v) is 5.47. The van der Waals surface area contributed by atoms with Gasteiger partial charge in [-0.25, -0.2) is 17.9 Å². The van der Waals surface area contributed by atoms with Crippen LogP contribution in [0.2, 0.25) is 0 Å². The summed E-state index contributed by atoms with van der Waals surface area (Å²) in [5.74, 6) is -1.59. The SMILES string of the molecule is CCCC(NC(=O)CCNS(=O)(=O)c1cccs1)C(=O)O. The number of amides is 1. The van der Waals surface area contributed by atoms with Crippen molar-refractivity contribution in [3.63, 3.8) is 0 Å². The van der Waals surface area contributed by atoms with E-state index in [2.05, 4.69) is 10.0 Å². The fourth-order valence-electron chi connectivity index (χ4n) is 1.60. The van der Waals surface area contributed by atoms with Gasteiger partial charge < -0.3 is 10.4 Å². The molecule has 0 radical (unpaired) electrons. The fourth-order valence-corrected chi connectivity index (χ4v) is 3.67. The van der Waals surface area contributed by atoms with Crippen LogP contribution in [0.1, 0.15) is 26.2 Å². The number of nitrogens with one attached hydrogen (secondary N) is 2. The molecule has 118 valence electrons. The maximum absolute atomic E-state index is 11.8. The van der Waals surface area contributed by atoms with E-state index in [1.165, 1.54) is 6.07 Å². The number of aliphatic carboxylic acids is 1. The molecule has 0 aliphatic heterocycles. The van der Waals surface area contributed by atoms with Gasteiger partial charge in [0.1, 0.15) is 10.3 Å². The summed E-state index contributed by atoms with van der Waals surface area (Å²) in [4.78, 5) is 22.5. The number of carbonyl (C=O) groups is 2. The van der Waals surface area contributed by atoms with E-state index in [1.807, 2.05) is 6.92 Å². The van der Waals surface area contributed by atoms with E-state index < -0.39 is 27.9 Å². The van der Waals surface area contributed by atoms with Crippen molar-refractivity contribution in [3.05, 3.63) is 17.5 Å². The van der Waals surface area contributed by atoms with Crippen LogP contribution < -0.4 is 10.0 Å². The summed E-state index contributed by atoms with van der Waals surface area (Å²) in [5, 5.41) is 12.9. The minimum atomic E-state index is -3.60. The third-order valence-electron chi connectivity index (χ3n) is 2.61. The molecule has 0 aromatic carbocycles. The molecular formula is C12H18N2O5S2. The first kappa shape index (κ1) is 17.6. The Labute approximate surface area is 127 Å². The van der Waals surface area contributed by atoms with E-state index in [0.717, 1.165) is 11.3 Å². The zero-order valence-electron chi connectivity index (χ0n) is 11.5. The minimum absolute atomic E-state index is 0.0788. The number of carboxylic acid groups (broad SMARTS) is 1. The van der Waals surface area contributed by atoms with Gasteiger partial charge in [0.25, 0.3) is 0 Å². The highest BCUT2D eigenvalue weighted by Crippen LogP contribution is 2.14. The fraction of sp³-hybridized carbons (Fsp3) is 0.500. The van der Waals surface area contributed by atoms with Crippen LogP contribution in [0.4, 0.5) is 0 Å². The molecule has 7 nitrogen and oxygen atoms in total. The molecule has 3 N–H and O–H groups in total. The number of carbonyl (C=O) groups excluding carboxylic acids is 1. The highest BCUT2D eigenvalue weighted by molar-refractivity contribution is 7.91. The zero-order valence-corrected chi connectivity index (χ0v) is 13.2. The Morgan fingerprint density at radius 1 is 1.43 bits per heavy atom. The van der Waals surface area contributed by atoms with Crippen molar-refractivity contribution in [3.8, 4) is 0 Å². The third kappa shape index (κ3) is 5.82. The minimum Gasteiger partial charge on any atom is -0.480 e. The van der Waals surface area contributed by atoms with Gasteiger partial charge in [-0.3, -0.25) is 4.79 Å². The van der Waals surface area contributed by atoms with Crippen LogP contribution in [0.25, 0.3) is 0 Å². The summed E-state index contributed by atoms with van der Waals surface area (Å²) in [6.45, 7) is 1.74. The second-order valence-electron chi connectivity index (χ2n) is 4.33. The molecule has 0 saturated heterocycles. The topological polar surface area (TPSA) is 113 Å². The summed E-state index contributed by atoms with van der Waals surface area (Å²) < 4.78 is 26.0. The molecule has 9 heteroatoms. The summed E-state index contributed by atoms with van der Waals surface area (Å²) in [6.07, 6.45) is 0.850. The van der Waals surface area contributed by atoms with E-state index >= 15 is 0 Å². The molecule has 0 fully saturated rings. The lowest BCUT2D eigenvalue weighted by atomic mass is 10.1. The lowest BCUT2D eigenvalue weighted by Crippen LogP contribution is -2.41. The Balaban J connectivity index is 2.42. The molecule has 21 heavy (non-hydrogen) atoms. The summed E-state index contributed by atoms with van der Waals surface area (Å²) in [5.41, 5.74) is 0. The Bertz CT molecular complexity index is 568. The lowest BCUT2D eigenvalue weighted by molar-refractivity contribution is -0.142. The van der Waals surface area contributed by atoms with Crippen molar-refractivity contribution in [1.82, 2.24) is 10.0 Å². The average molecular weight is 334 g/mol. The molecule has 0 aliphatic rings. The second-order valence-corrected chi connectivity index (χ2v) is 7.27. The standard InChI is InChI=1S/C12H18N2O5S2/c1-2-4-9(12(16)17)14-10(15)6-7-13-21(18,19)11-5-3-8-20-11/h3,5,8-9,13H,2,4,6-7H2,1H3,(H,14,15)(H,16,17). The Morgan fingerprint density at radius 2 is 2.14 bits per heavy atom. The quantitative estimate of drug-likeness (QED) is 0.618. The monoisotopic (exact) mass is 334 g/mol.